The van der Waals surface area contributed by atoms with Crippen molar-refractivity contribution >= 4 is 17.0 Å². The number of nitrogens with one attached hydrogen (secondary N) is 1. The van der Waals surface area contributed by atoms with E-state index in [0.29, 0.717) is 35.3 Å². The lowest BCUT2D eigenvalue weighted by Gasteiger charge is -2.05. The zero-order chi connectivity index (χ0) is 17.2. The molecule has 7 heteroatoms. The molecule has 0 saturated heterocycles. The SMILES string of the molecule is Cc1nc(NCc2cnn(Cc3ccccc3)c2)c2nc(C)oc2n1. The van der Waals surface area contributed by atoms with Crippen LogP contribution in [0.4, 0.5) is 5.82 Å². The Morgan fingerprint density at radius 1 is 1.04 bits per heavy atom. The molecule has 0 spiro atoms. The number of aryl methyl sites for hydroxylation is 2. The molecule has 7 nitrogen and oxygen atoms in total. The lowest BCUT2D eigenvalue weighted by atomic mass is 10.2. The van der Waals surface area contributed by atoms with Gasteiger partial charge >= 0.3 is 0 Å². The van der Waals surface area contributed by atoms with E-state index in [2.05, 4.69) is 37.5 Å². The number of hydrogen-bond acceptors (Lipinski definition) is 6. The van der Waals surface area contributed by atoms with E-state index < -0.39 is 0 Å². The molecule has 0 fully saturated rings. The fraction of sp³-hybridized carbons (Fsp3) is 0.222. The normalized spacial score (nSPS) is 11.1. The van der Waals surface area contributed by atoms with Crippen molar-refractivity contribution in [2.24, 2.45) is 0 Å². The topological polar surface area (TPSA) is 81.7 Å². The highest BCUT2D eigenvalue weighted by Crippen LogP contribution is 2.21. The van der Waals surface area contributed by atoms with Crippen molar-refractivity contribution in [2.45, 2.75) is 26.9 Å². The van der Waals surface area contributed by atoms with Gasteiger partial charge in [0.2, 0.25) is 0 Å². The van der Waals surface area contributed by atoms with Crippen LogP contribution in [-0.4, -0.2) is 24.7 Å². The summed E-state index contributed by atoms with van der Waals surface area (Å²) < 4.78 is 7.42. The first-order chi connectivity index (χ1) is 12.2. The summed E-state index contributed by atoms with van der Waals surface area (Å²) in [5.41, 5.74) is 3.45. The van der Waals surface area contributed by atoms with Crippen LogP contribution in [0, 0.1) is 13.8 Å². The molecule has 3 aromatic heterocycles. The molecular formula is C18H18N6O. The number of rotatable bonds is 5. The monoisotopic (exact) mass is 334 g/mol. The second kappa shape index (κ2) is 6.35. The Balaban J connectivity index is 1.49. The van der Waals surface area contributed by atoms with Crippen LogP contribution in [0.1, 0.15) is 22.8 Å². The molecular weight excluding hydrogens is 316 g/mol. The first-order valence-corrected chi connectivity index (χ1v) is 8.08. The Hall–Kier alpha value is -3.22. The molecule has 126 valence electrons. The van der Waals surface area contributed by atoms with Crippen LogP contribution in [0.25, 0.3) is 11.2 Å². The summed E-state index contributed by atoms with van der Waals surface area (Å²) in [6, 6.07) is 10.3. The van der Waals surface area contributed by atoms with Crippen LogP contribution in [0.5, 0.6) is 0 Å². The number of hydrogen-bond donors (Lipinski definition) is 1. The van der Waals surface area contributed by atoms with Crippen molar-refractivity contribution < 1.29 is 4.42 Å². The van der Waals surface area contributed by atoms with Crippen LogP contribution in [0.3, 0.4) is 0 Å². The number of oxazole rings is 1. The fourth-order valence-corrected chi connectivity index (χ4v) is 2.70. The number of benzene rings is 1. The van der Waals surface area contributed by atoms with Crippen molar-refractivity contribution in [3.8, 4) is 0 Å². The molecule has 0 aliphatic heterocycles. The van der Waals surface area contributed by atoms with Gasteiger partial charge in [-0.3, -0.25) is 4.68 Å². The highest BCUT2D eigenvalue weighted by Gasteiger charge is 2.12. The summed E-state index contributed by atoms with van der Waals surface area (Å²) in [4.78, 5) is 13.1. The van der Waals surface area contributed by atoms with Crippen molar-refractivity contribution in [1.29, 1.82) is 0 Å². The smallest absolute Gasteiger partial charge is 0.252 e. The summed E-state index contributed by atoms with van der Waals surface area (Å²) in [6.45, 7) is 4.99. The number of anilines is 1. The van der Waals surface area contributed by atoms with E-state index in [-0.39, 0.29) is 0 Å². The largest absolute Gasteiger partial charge is 0.422 e. The predicted molar refractivity (Wildman–Crippen MR) is 94.2 cm³/mol. The summed E-state index contributed by atoms with van der Waals surface area (Å²) in [7, 11) is 0. The Kier molecular flexibility index (Phi) is 3.89. The van der Waals surface area contributed by atoms with E-state index >= 15 is 0 Å². The molecule has 0 atom stereocenters. The van der Waals surface area contributed by atoms with Gasteiger partial charge in [0.1, 0.15) is 5.82 Å². The molecule has 0 radical (unpaired) electrons. The third kappa shape index (κ3) is 3.35. The molecule has 0 amide bonds. The standard InChI is InChI=1S/C18H18N6O/c1-12-21-17(16-18(22-12)25-13(2)23-16)19-8-15-9-20-24(11-15)10-14-6-4-3-5-7-14/h3-7,9,11H,8,10H2,1-2H3,(H,19,21,22). The fourth-order valence-electron chi connectivity index (χ4n) is 2.70. The van der Waals surface area contributed by atoms with E-state index in [0.717, 1.165) is 12.1 Å². The summed E-state index contributed by atoms with van der Waals surface area (Å²) >= 11 is 0. The highest BCUT2D eigenvalue weighted by molar-refractivity contribution is 5.81. The van der Waals surface area contributed by atoms with Crippen LogP contribution in [0.15, 0.2) is 47.1 Å². The van der Waals surface area contributed by atoms with Gasteiger partial charge in [-0.05, 0) is 12.5 Å². The van der Waals surface area contributed by atoms with Gasteiger partial charge in [-0.25, -0.2) is 9.97 Å². The maximum Gasteiger partial charge on any atom is 0.252 e. The minimum absolute atomic E-state index is 0.507. The number of aromatic nitrogens is 5. The van der Waals surface area contributed by atoms with Gasteiger partial charge < -0.3 is 9.73 Å². The second-order valence-corrected chi connectivity index (χ2v) is 5.89. The van der Waals surface area contributed by atoms with E-state index in [4.69, 9.17) is 4.42 Å². The van der Waals surface area contributed by atoms with Crippen LogP contribution in [0.2, 0.25) is 0 Å². The van der Waals surface area contributed by atoms with Crippen molar-refractivity contribution in [3.05, 3.63) is 65.6 Å². The van der Waals surface area contributed by atoms with E-state index in [9.17, 15) is 0 Å². The van der Waals surface area contributed by atoms with Crippen LogP contribution < -0.4 is 5.32 Å². The van der Waals surface area contributed by atoms with Crippen LogP contribution >= 0.6 is 0 Å². The molecule has 0 aliphatic carbocycles. The van der Waals surface area contributed by atoms with Gasteiger partial charge in [0.15, 0.2) is 17.2 Å². The maximum absolute atomic E-state index is 5.49. The predicted octanol–water partition coefficient (Wildman–Crippen LogP) is 3.09. The quantitative estimate of drug-likeness (QED) is 0.604. The third-order valence-corrected chi connectivity index (χ3v) is 3.81. The van der Waals surface area contributed by atoms with Crippen molar-refractivity contribution in [2.75, 3.05) is 5.32 Å². The Morgan fingerprint density at radius 2 is 1.88 bits per heavy atom. The third-order valence-electron chi connectivity index (χ3n) is 3.81. The molecule has 0 saturated carbocycles. The van der Waals surface area contributed by atoms with E-state index in [1.54, 1.807) is 6.92 Å². The zero-order valence-electron chi connectivity index (χ0n) is 14.1. The van der Waals surface area contributed by atoms with Gasteiger partial charge in [-0.1, -0.05) is 30.3 Å². The van der Waals surface area contributed by atoms with Crippen LogP contribution in [-0.2, 0) is 13.1 Å². The minimum Gasteiger partial charge on any atom is -0.422 e. The van der Waals surface area contributed by atoms with Gasteiger partial charge in [0.25, 0.3) is 5.71 Å². The molecule has 1 N–H and O–H groups in total. The Bertz CT molecular complexity index is 1010. The lowest BCUT2D eigenvalue weighted by molar-refractivity contribution is 0.550. The molecule has 25 heavy (non-hydrogen) atoms. The molecule has 3 heterocycles. The van der Waals surface area contributed by atoms with Crippen molar-refractivity contribution in [3.63, 3.8) is 0 Å². The molecule has 0 bridgehead atoms. The van der Waals surface area contributed by atoms with Gasteiger partial charge in [-0.2, -0.15) is 10.1 Å². The van der Waals surface area contributed by atoms with E-state index in [1.165, 1.54) is 5.56 Å². The summed E-state index contributed by atoms with van der Waals surface area (Å²) in [6.07, 6.45) is 3.88. The molecule has 1 aromatic carbocycles. The first kappa shape index (κ1) is 15.3. The molecule has 0 unspecified atom stereocenters. The number of fused-ring (bicyclic) bond motifs is 1. The Labute approximate surface area is 144 Å². The minimum atomic E-state index is 0.507. The van der Waals surface area contributed by atoms with Gasteiger partial charge in [-0.15, -0.1) is 0 Å². The molecule has 4 rings (SSSR count). The lowest BCUT2D eigenvalue weighted by Crippen LogP contribution is -2.04. The zero-order valence-corrected chi connectivity index (χ0v) is 14.1. The van der Waals surface area contributed by atoms with E-state index in [1.807, 2.05) is 42.2 Å². The molecule has 4 aromatic rings. The number of nitrogens with zero attached hydrogens (tertiary/aromatic N) is 5. The summed E-state index contributed by atoms with van der Waals surface area (Å²) in [5.74, 6) is 1.90. The van der Waals surface area contributed by atoms with Gasteiger partial charge in [0, 0.05) is 25.2 Å². The summed E-state index contributed by atoms with van der Waals surface area (Å²) in [5, 5.41) is 7.73. The highest BCUT2D eigenvalue weighted by atomic mass is 16.4. The van der Waals surface area contributed by atoms with Crippen molar-refractivity contribution in [1.82, 2.24) is 24.7 Å². The maximum atomic E-state index is 5.49. The first-order valence-electron chi connectivity index (χ1n) is 8.08. The molecule has 0 aliphatic rings. The average molecular weight is 334 g/mol. The Morgan fingerprint density at radius 3 is 2.72 bits per heavy atom. The van der Waals surface area contributed by atoms with Gasteiger partial charge in [0.05, 0.1) is 12.7 Å². The average Bonchev–Trinajstić information content (AvgIpc) is 3.19. The second-order valence-electron chi connectivity index (χ2n) is 5.89.